The van der Waals surface area contributed by atoms with Gasteiger partial charge in [0, 0.05) is 25.0 Å². The first-order chi connectivity index (χ1) is 9.19. The maximum Gasteiger partial charge on any atom is 0.226 e. The second-order valence-electron chi connectivity index (χ2n) is 5.15. The van der Waals surface area contributed by atoms with Crippen LogP contribution in [0.4, 0.5) is 0 Å². The summed E-state index contributed by atoms with van der Waals surface area (Å²) < 4.78 is 0. The molecule has 0 spiro atoms. The smallest absolute Gasteiger partial charge is 0.226 e. The number of hydrogen-bond acceptors (Lipinski definition) is 2. The van der Waals surface area contributed by atoms with E-state index in [0.29, 0.717) is 13.0 Å². The van der Waals surface area contributed by atoms with Crippen LogP contribution in [0.1, 0.15) is 24.9 Å². The van der Waals surface area contributed by atoms with Gasteiger partial charge in [-0.2, -0.15) is 0 Å². The summed E-state index contributed by atoms with van der Waals surface area (Å²) in [7, 11) is 0. The van der Waals surface area contributed by atoms with E-state index < -0.39 is 0 Å². The van der Waals surface area contributed by atoms with Gasteiger partial charge in [0.1, 0.15) is 0 Å². The van der Waals surface area contributed by atoms with Crippen LogP contribution in [0.2, 0.25) is 0 Å². The van der Waals surface area contributed by atoms with Gasteiger partial charge in [-0.15, -0.1) is 6.58 Å². The zero-order valence-electron chi connectivity index (χ0n) is 11.3. The monoisotopic (exact) mass is 259 g/mol. The summed E-state index contributed by atoms with van der Waals surface area (Å²) in [6.45, 7) is 6.43. The van der Waals surface area contributed by atoms with Crippen LogP contribution >= 0.6 is 0 Å². The molecule has 3 nitrogen and oxygen atoms in total. The topological polar surface area (TPSA) is 40.5 Å². The van der Waals surface area contributed by atoms with E-state index in [1.165, 1.54) is 0 Å². The van der Waals surface area contributed by atoms with Crippen LogP contribution in [0.3, 0.4) is 0 Å². The minimum absolute atomic E-state index is 0.0247. The molecule has 0 radical (unpaired) electrons. The minimum atomic E-state index is -0.117. The van der Waals surface area contributed by atoms with Crippen molar-refractivity contribution in [1.29, 1.82) is 0 Å². The third-order valence-electron chi connectivity index (χ3n) is 4.01. The van der Waals surface area contributed by atoms with Gasteiger partial charge in [0.05, 0.1) is 6.04 Å². The normalized spacial score (nSPS) is 24.5. The number of benzene rings is 1. The number of hydrogen-bond donors (Lipinski definition) is 1. The Kier molecular flexibility index (Phi) is 4.38. The Labute approximate surface area is 114 Å². The van der Waals surface area contributed by atoms with E-state index in [1.54, 1.807) is 6.08 Å². The number of carbonyl (C=O) groups excluding carboxylic acids is 1. The number of likely N-dealkylation sites (tertiary alicyclic amines) is 1. The van der Waals surface area contributed by atoms with Crippen molar-refractivity contribution in [2.75, 3.05) is 13.2 Å². The average molecular weight is 259 g/mol. The van der Waals surface area contributed by atoms with Crippen molar-refractivity contribution in [2.45, 2.75) is 19.4 Å². The molecule has 102 valence electrons. The van der Waals surface area contributed by atoms with Gasteiger partial charge in [0.25, 0.3) is 0 Å². The molecule has 1 aliphatic rings. The summed E-state index contributed by atoms with van der Waals surface area (Å²) in [5.74, 6) is 0.0422. The van der Waals surface area contributed by atoms with Crippen molar-refractivity contribution in [3.63, 3.8) is 0 Å². The molecule has 2 rings (SSSR count). The first-order valence-electron chi connectivity index (χ1n) is 6.76. The van der Waals surface area contributed by atoms with Gasteiger partial charge in [0.2, 0.25) is 5.91 Å². The number of rotatable bonds is 5. The molecule has 0 aromatic heterocycles. The van der Waals surface area contributed by atoms with Crippen LogP contribution in [-0.2, 0) is 4.79 Å². The molecule has 1 aromatic rings. The molecule has 1 N–H and O–H groups in total. The molecule has 0 bridgehead atoms. The zero-order chi connectivity index (χ0) is 13.8. The lowest BCUT2D eigenvalue weighted by atomic mass is 9.93. The number of allylic oxidation sites excluding steroid dienone is 1. The summed E-state index contributed by atoms with van der Waals surface area (Å²) >= 11 is 0. The fourth-order valence-corrected chi connectivity index (χ4v) is 2.80. The highest BCUT2D eigenvalue weighted by molar-refractivity contribution is 5.82. The van der Waals surface area contributed by atoms with Gasteiger partial charge >= 0.3 is 0 Å². The highest BCUT2D eigenvalue weighted by atomic mass is 16.3. The second kappa shape index (κ2) is 6.02. The van der Waals surface area contributed by atoms with E-state index >= 15 is 0 Å². The zero-order valence-corrected chi connectivity index (χ0v) is 11.3. The molecule has 1 aliphatic heterocycles. The highest BCUT2D eigenvalue weighted by Crippen LogP contribution is 2.33. The SMILES string of the molecule is C=CC[C@@H]1C(=O)N([C@H](C)c2ccccc2)C[C@H]1CO. The van der Waals surface area contributed by atoms with Gasteiger partial charge in [-0.05, 0) is 18.9 Å². The molecule has 1 aromatic carbocycles. The Bertz CT molecular complexity index is 443. The molecule has 1 heterocycles. The molecule has 19 heavy (non-hydrogen) atoms. The van der Waals surface area contributed by atoms with E-state index in [1.807, 2.05) is 42.2 Å². The Morgan fingerprint density at radius 3 is 2.74 bits per heavy atom. The molecule has 0 aliphatic carbocycles. The van der Waals surface area contributed by atoms with Crippen LogP contribution in [-0.4, -0.2) is 29.1 Å². The first-order valence-corrected chi connectivity index (χ1v) is 6.76. The fraction of sp³-hybridized carbons (Fsp3) is 0.438. The van der Waals surface area contributed by atoms with E-state index in [4.69, 9.17) is 0 Å². The van der Waals surface area contributed by atoms with Gasteiger partial charge in [-0.1, -0.05) is 36.4 Å². The predicted molar refractivity (Wildman–Crippen MR) is 75.4 cm³/mol. The maximum atomic E-state index is 12.4. The Hall–Kier alpha value is -1.61. The van der Waals surface area contributed by atoms with Gasteiger partial charge in [-0.3, -0.25) is 4.79 Å². The second-order valence-corrected chi connectivity index (χ2v) is 5.15. The summed E-state index contributed by atoms with van der Waals surface area (Å²) in [5.41, 5.74) is 1.13. The Morgan fingerprint density at radius 2 is 2.16 bits per heavy atom. The van der Waals surface area contributed by atoms with Crippen LogP contribution in [0.5, 0.6) is 0 Å². The van der Waals surface area contributed by atoms with E-state index in [-0.39, 0.29) is 30.4 Å². The Morgan fingerprint density at radius 1 is 1.47 bits per heavy atom. The predicted octanol–water partition coefficient (Wildman–Crippen LogP) is 2.39. The summed E-state index contributed by atoms with van der Waals surface area (Å²) in [6.07, 6.45) is 2.41. The molecular formula is C16H21NO2. The molecule has 3 heteroatoms. The lowest BCUT2D eigenvalue weighted by Crippen LogP contribution is -2.30. The number of nitrogens with zero attached hydrogens (tertiary/aromatic N) is 1. The summed E-state index contributed by atoms with van der Waals surface area (Å²) in [6, 6.07) is 10.1. The van der Waals surface area contributed by atoms with Gasteiger partial charge in [0.15, 0.2) is 0 Å². The van der Waals surface area contributed by atoms with Crippen molar-refractivity contribution < 1.29 is 9.90 Å². The third-order valence-corrected chi connectivity index (χ3v) is 4.01. The van der Waals surface area contributed by atoms with Crippen LogP contribution < -0.4 is 0 Å². The molecule has 1 saturated heterocycles. The minimum Gasteiger partial charge on any atom is -0.396 e. The molecule has 3 atom stereocenters. The van der Waals surface area contributed by atoms with Gasteiger partial charge < -0.3 is 10.0 Å². The van der Waals surface area contributed by atoms with Crippen molar-refractivity contribution in [3.05, 3.63) is 48.6 Å². The fourth-order valence-electron chi connectivity index (χ4n) is 2.80. The largest absolute Gasteiger partial charge is 0.396 e. The van der Waals surface area contributed by atoms with Crippen LogP contribution in [0.25, 0.3) is 0 Å². The van der Waals surface area contributed by atoms with Crippen molar-refractivity contribution >= 4 is 5.91 Å². The van der Waals surface area contributed by atoms with Crippen molar-refractivity contribution in [3.8, 4) is 0 Å². The van der Waals surface area contributed by atoms with Crippen molar-refractivity contribution in [2.24, 2.45) is 11.8 Å². The van der Waals surface area contributed by atoms with Crippen LogP contribution in [0.15, 0.2) is 43.0 Å². The van der Waals surface area contributed by atoms with E-state index in [2.05, 4.69) is 6.58 Å². The number of carbonyl (C=O) groups is 1. The summed E-state index contributed by atoms with van der Waals surface area (Å²) in [5, 5.41) is 9.44. The molecule has 0 unspecified atom stereocenters. The van der Waals surface area contributed by atoms with Crippen LogP contribution in [0, 0.1) is 11.8 Å². The lowest BCUT2D eigenvalue weighted by molar-refractivity contribution is -0.132. The number of aliphatic hydroxyl groups is 1. The van der Waals surface area contributed by atoms with E-state index in [9.17, 15) is 9.90 Å². The van der Waals surface area contributed by atoms with Crippen molar-refractivity contribution in [1.82, 2.24) is 4.90 Å². The molecular weight excluding hydrogens is 238 g/mol. The molecule has 1 fully saturated rings. The van der Waals surface area contributed by atoms with E-state index in [0.717, 1.165) is 5.56 Å². The van der Waals surface area contributed by atoms with Gasteiger partial charge in [-0.25, -0.2) is 0 Å². The third kappa shape index (κ3) is 2.71. The highest BCUT2D eigenvalue weighted by Gasteiger charge is 2.41. The quantitative estimate of drug-likeness (QED) is 0.825. The first kappa shape index (κ1) is 13.8. The Balaban J connectivity index is 2.17. The maximum absolute atomic E-state index is 12.4. The molecule has 1 amide bonds. The number of aliphatic hydroxyl groups excluding tert-OH is 1. The molecule has 0 saturated carbocycles. The lowest BCUT2D eigenvalue weighted by Gasteiger charge is -2.25. The standard InChI is InChI=1S/C16H21NO2/c1-3-7-15-14(11-18)10-17(16(15)19)12(2)13-8-5-4-6-9-13/h3-6,8-9,12,14-15,18H,1,7,10-11H2,2H3/t12-,14+,15+/m1/s1. The average Bonchev–Trinajstić information content (AvgIpc) is 2.76. The number of amides is 1. The summed E-state index contributed by atoms with van der Waals surface area (Å²) in [4.78, 5) is 14.3.